The summed E-state index contributed by atoms with van der Waals surface area (Å²) in [5.41, 5.74) is 1.18. The van der Waals surface area contributed by atoms with Crippen LogP contribution in [0.4, 0.5) is 0 Å². The van der Waals surface area contributed by atoms with Crippen LogP contribution < -0.4 is 4.46 Å². The van der Waals surface area contributed by atoms with Crippen LogP contribution in [0, 0.1) is 0 Å². The van der Waals surface area contributed by atoms with Gasteiger partial charge in [-0.2, -0.15) is 0 Å². The molecule has 2 rings (SSSR count). The minimum atomic E-state index is -0.268. The Kier molecular flexibility index (Phi) is 7.41. The van der Waals surface area contributed by atoms with Crippen LogP contribution in [0.15, 0.2) is 65.1 Å². The second-order valence-electron chi connectivity index (χ2n) is 4.62. The molecule has 0 N–H and O–H groups in total. The molecule has 2 aromatic carbocycles. The predicted molar refractivity (Wildman–Crippen MR) is 93.3 cm³/mol. The van der Waals surface area contributed by atoms with Crippen LogP contribution in [0.2, 0.25) is 0 Å². The summed E-state index contributed by atoms with van der Waals surface area (Å²) in [6.07, 6.45) is 1.93. The van der Waals surface area contributed by atoms with E-state index in [1.165, 1.54) is 14.5 Å². The topological polar surface area (TPSA) is 18.5 Å². The zero-order valence-corrected chi connectivity index (χ0v) is 14.8. The van der Waals surface area contributed by atoms with E-state index in [-0.39, 0.29) is 21.2 Å². The van der Waals surface area contributed by atoms with Crippen LogP contribution in [0.1, 0.15) is 19.4 Å². The molecule has 0 saturated heterocycles. The molecule has 0 aromatic heterocycles. The second kappa shape index (κ2) is 9.60. The van der Waals surface area contributed by atoms with E-state index >= 15 is 0 Å². The Morgan fingerprint density at radius 1 is 0.909 bits per heavy atom. The van der Waals surface area contributed by atoms with Crippen LogP contribution in [0.25, 0.3) is 6.08 Å². The van der Waals surface area contributed by atoms with Gasteiger partial charge < -0.3 is 0 Å². The summed E-state index contributed by atoms with van der Waals surface area (Å²) >= 11 is 0.173. The Morgan fingerprint density at radius 2 is 1.45 bits per heavy atom. The summed E-state index contributed by atoms with van der Waals surface area (Å²) in [7, 11) is 0. The fourth-order valence-corrected chi connectivity index (χ4v) is 4.08. The molecule has 0 fully saturated rings. The van der Waals surface area contributed by atoms with Crippen molar-refractivity contribution in [1.29, 1.82) is 0 Å². The maximum absolute atomic E-state index is 5.81. The summed E-state index contributed by atoms with van der Waals surface area (Å²) in [5, 5.41) is 0. The van der Waals surface area contributed by atoms with E-state index < -0.39 is 0 Å². The summed E-state index contributed by atoms with van der Waals surface area (Å²) in [6, 6.07) is 20.9. The van der Waals surface area contributed by atoms with Crippen molar-refractivity contribution >= 4 is 25.5 Å². The van der Waals surface area contributed by atoms with Gasteiger partial charge in [-0.25, -0.2) is 0 Å². The van der Waals surface area contributed by atoms with Gasteiger partial charge in [0.25, 0.3) is 0 Å². The van der Waals surface area contributed by atoms with Crippen molar-refractivity contribution in [2.45, 2.75) is 20.1 Å². The molecule has 2 nitrogen and oxygen atoms in total. The van der Waals surface area contributed by atoms with Gasteiger partial charge in [0, 0.05) is 0 Å². The Hall–Kier alpha value is -1.38. The predicted octanol–water partition coefficient (Wildman–Crippen LogP) is 3.46. The number of hydrogen-bond donors (Lipinski definition) is 0. The van der Waals surface area contributed by atoms with Crippen molar-refractivity contribution in [2.75, 3.05) is 13.2 Å². The van der Waals surface area contributed by atoms with E-state index in [9.17, 15) is 0 Å². The Labute approximate surface area is 139 Å². The quantitative estimate of drug-likeness (QED) is 0.530. The van der Waals surface area contributed by atoms with Crippen LogP contribution in [-0.4, -0.2) is 34.5 Å². The molecule has 0 aliphatic rings. The molecule has 3 heteroatoms. The number of benzene rings is 2. The SMILES string of the molecule is CCOC(OCC)/C(=C/c1ccccc1)[Se]c1ccccc1. The molecule has 0 saturated carbocycles. The van der Waals surface area contributed by atoms with Gasteiger partial charge in [0.1, 0.15) is 0 Å². The molecule has 0 amide bonds. The molecule has 116 valence electrons. The normalized spacial score (nSPS) is 11.9. The molecule has 0 spiro atoms. The fourth-order valence-electron chi connectivity index (χ4n) is 2.00. The first-order valence-electron chi connectivity index (χ1n) is 7.56. The first-order chi connectivity index (χ1) is 10.8. The molecular formula is C19H22O2Se. The van der Waals surface area contributed by atoms with E-state index in [2.05, 4.69) is 54.6 Å². The maximum atomic E-state index is 5.81. The second-order valence-corrected chi connectivity index (χ2v) is 7.02. The van der Waals surface area contributed by atoms with Crippen LogP contribution >= 0.6 is 0 Å². The van der Waals surface area contributed by atoms with Crippen molar-refractivity contribution in [3.05, 3.63) is 70.7 Å². The van der Waals surface area contributed by atoms with E-state index in [0.29, 0.717) is 13.2 Å². The summed E-state index contributed by atoms with van der Waals surface area (Å²) < 4.78 is 14.2. The minimum absolute atomic E-state index is 0.173. The molecule has 2 aromatic rings. The first kappa shape index (κ1) is 17.0. The zero-order valence-electron chi connectivity index (χ0n) is 13.1. The third-order valence-electron chi connectivity index (χ3n) is 2.96. The first-order valence-corrected chi connectivity index (χ1v) is 9.27. The standard InChI is InChI=1S/C19H22O2Se/c1-3-20-19(21-4-2)18(15-16-11-7-5-8-12-16)22-17-13-9-6-10-14-17/h5-15,19H,3-4H2,1-2H3/b18-15-. The van der Waals surface area contributed by atoms with E-state index in [0.717, 1.165) is 0 Å². The van der Waals surface area contributed by atoms with Gasteiger partial charge in [-0.05, 0) is 0 Å². The van der Waals surface area contributed by atoms with Gasteiger partial charge in [0.2, 0.25) is 0 Å². The van der Waals surface area contributed by atoms with Crippen molar-refractivity contribution in [2.24, 2.45) is 0 Å². The number of rotatable bonds is 8. The average molecular weight is 361 g/mol. The van der Waals surface area contributed by atoms with Crippen molar-refractivity contribution < 1.29 is 9.47 Å². The molecule has 0 aliphatic carbocycles. The molecule has 0 bridgehead atoms. The van der Waals surface area contributed by atoms with Crippen molar-refractivity contribution in [3.63, 3.8) is 0 Å². The van der Waals surface area contributed by atoms with E-state index in [1.807, 2.05) is 26.0 Å². The van der Waals surface area contributed by atoms with E-state index in [4.69, 9.17) is 9.47 Å². The van der Waals surface area contributed by atoms with Crippen molar-refractivity contribution in [1.82, 2.24) is 0 Å². The Balaban J connectivity index is 2.28. The third-order valence-corrected chi connectivity index (χ3v) is 5.17. The summed E-state index contributed by atoms with van der Waals surface area (Å²) in [5.74, 6) is 0. The van der Waals surface area contributed by atoms with Crippen molar-refractivity contribution in [3.8, 4) is 0 Å². The van der Waals surface area contributed by atoms with Gasteiger partial charge in [-0.1, -0.05) is 0 Å². The van der Waals surface area contributed by atoms with E-state index in [1.54, 1.807) is 0 Å². The molecule has 0 heterocycles. The number of hydrogen-bond acceptors (Lipinski definition) is 2. The van der Waals surface area contributed by atoms with Gasteiger partial charge in [-0.3, -0.25) is 0 Å². The average Bonchev–Trinajstić information content (AvgIpc) is 2.56. The molecule has 0 aliphatic heterocycles. The Bertz CT molecular complexity index is 561. The van der Waals surface area contributed by atoms with Gasteiger partial charge in [0.15, 0.2) is 0 Å². The molecule has 22 heavy (non-hydrogen) atoms. The molecule has 0 radical (unpaired) electrons. The molecule has 0 unspecified atom stereocenters. The summed E-state index contributed by atoms with van der Waals surface area (Å²) in [6.45, 7) is 5.28. The monoisotopic (exact) mass is 362 g/mol. The van der Waals surface area contributed by atoms with Gasteiger partial charge in [0.05, 0.1) is 0 Å². The third kappa shape index (κ3) is 5.43. The summed E-state index contributed by atoms with van der Waals surface area (Å²) in [4.78, 5) is 0. The van der Waals surface area contributed by atoms with Crippen LogP contribution in [0.3, 0.4) is 0 Å². The molecular weight excluding hydrogens is 339 g/mol. The Morgan fingerprint density at radius 3 is 2.00 bits per heavy atom. The van der Waals surface area contributed by atoms with Crippen LogP contribution in [-0.2, 0) is 9.47 Å². The fraction of sp³-hybridized carbons (Fsp3) is 0.263. The molecule has 0 atom stereocenters. The zero-order chi connectivity index (χ0) is 15.6. The number of ether oxygens (including phenoxy) is 2. The van der Waals surface area contributed by atoms with Gasteiger partial charge in [-0.15, -0.1) is 0 Å². The van der Waals surface area contributed by atoms with Crippen LogP contribution in [0.5, 0.6) is 0 Å². The van der Waals surface area contributed by atoms with Gasteiger partial charge >= 0.3 is 139 Å².